The SMILES string of the molecule is CCNCc1ccc(SCC)c(Cl)c1. The second kappa shape index (κ2) is 6.33. The van der Waals surface area contributed by atoms with Gasteiger partial charge in [0.25, 0.3) is 0 Å². The highest BCUT2D eigenvalue weighted by Gasteiger charge is 2.00. The molecule has 3 heteroatoms. The first-order chi connectivity index (χ1) is 6.77. The van der Waals surface area contributed by atoms with Gasteiger partial charge in [0, 0.05) is 11.4 Å². The van der Waals surface area contributed by atoms with E-state index in [1.54, 1.807) is 11.8 Å². The Labute approximate surface area is 95.2 Å². The van der Waals surface area contributed by atoms with Crippen molar-refractivity contribution in [3.63, 3.8) is 0 Å². The molecule has 0 heterocycles. The lowest BCUT2D eigenvalue weighted by atomic mass is 10.2. The van der Waals surface area contributed by atoms with Crippen LogP contribution in [0, 0.1) is 0 Å². The second-order valence-corrected chi connectivity index (χ2v) is 4.69. The molecule has 1 N–H and O–H groups in total. The third-order valence-electron chi connectivity index (χ3n) is 1.88. The molecule has 1 nitrogen and oxygen atoms in total. The molecule has 1 rings (SSSR count). The number of thioether (sulfide) groups is 1. The van der Waals surface area contributed by atoms with Gasteiger partial charge < -0.3 is 5.32 Å². The molecule has 14 heavy (non-hydrogen) atoms. The molecule has 0 saturated heterocycles. The van der Waals surface area contributed by atoms with Gasteiger partial charge in [-0.1, -0.05) is 31.5 Å². The van der Waals surface area contributed by atoms with Crippen LogP contribution in [0.1, 0.15) is 19.4 Å². The molecule has 0 unspecified atom stereocenters. The molecule has 0 bridgehead atoms. The fraction of sp³-hybridized carbons (Fsp3) is 0.455. The highest BCUT2D eigenvalue weighted by molar-refractivity contribution is 7.99. The standard InChI is InChI=1S/C11H16ClNS/c1-3-13-8-9-5-6-11(14-4-2)10(12)7-9/h5-7,13H,3-4,8H2,1-2H3. The Balaban J connectivity index is 2.68. The van der Waals surface area contributed by atoms with E-state index in [-0.39, 0.29) is 0 Å². The van der Waals surface area contributed by atoms with E-state index in [0.29, 0.717) is 0 Å². The van der Waals surface area contributed by atoms with Crippen LogP contribution in [0.15, 0.2) is 23.1 Å². The Kier molecular flexibility index (Phi) is 5.38. The van der Waals surface area contributed by atoms with E-state index in [9.17, 15) is 0 Å². The van der Waals surface area contributed by atoms with E-state index < -0.39 is 0 Å². The van der Waals surface area contributed by atoms with Crippen molar-refractivity contribution in [2.24, 2.45) is 0 Å². The van der Waals surface area contributed by atoms with Crippen LogP contribution in [-0.4, -0.2) is 12.3 Å². The van der Waals surface area contributed by atoms with Gasteiger partial charge in [-0.2, -0.15) is 0 Å². The molecule has 0 saturated carbocycles. The minimum absolute atomic E-state index is 0.868. The van der Waals surface area contributed by atoms with Crippen LogP contribution in [0.2, 0.25) is 5.02 Å². The average Bonchev–Trinajstić information content (AvgIpc) is 2.19. The maximum absolute atomic E-state index is 6.14. The van der Waals surface area contributed by atoms with Crippen molar-refractivity contribution < 1.29 is 0 Å². The van der Waals surface area contributed by atoms with Crippen molar-refractivity contribution in [3.05, 3.63) is 28.8 Å². The van der Waals surface area contributed by atoms with Crippen molar-refractivity contribution in [2.75, 3.05) is 12.3 Å². The molecule has 0 atom stereocenters. The van der Waals surface area contributed by atoms with Crippen LogP contribution >= 0.6 is 23.4 Å². The smallest absolute Gasteiger partial charge is 0.0545 e. The summed E-state index contributed by atoms with van der Waals surface area (Å²) in [6.07, 6.45) is 0. The van der Waals surface area contributed by atoms with Gasteiger partial charge in [0.15, 0.2) is 0 Å². The summed E-state index contributed by atoms with van der Waals surface area (Å²) in [6, 6.07) is 6.28. The highest BCUT2D eigenvalue weighted by atomic mass is 35.5. The number of nitrogens with one attached hydrogen (secondary N) is 1. The quantitative estimate of drug-likeness (QED) is 0.775. The van der Waals surface area contributed by atoms with Crippen LogP contribution in [-0.2, 0) is 6.54 Å². The maximum atomic E-state index is 6.14. The van der Waals surface area contributed by atoms with Gasteiger partial charge >= 0.3 is 0 Å². The zero-order valence-electron chi connectivity index (χ0n) is 8.64. The van der Waals surface area contributed by atoms with E-state index in [1.165, 1.54) is 10.5 Å². The minimum atomic E-state index is 0.868. The minimum Gasteiger partial charge on any atom is -0.313 e. The zero-order chi connectivity index (χ0) is 10.4. The number of benzene rings is 1. The predicted molar refractivity (Wildman–Crippen MR) is 65.2 cm³/mol. The van der Waals surface area contributed by atoms with Gasteiger partial charge in [0.05, 0.1) is 5.02 Å². The average molecular weight is 230 g/mol. The Hall–Kier alpha value is -0.180. The van der Waals surface area contributed by atoms with Gasteiger partial charge in [-0.3, -0.25) is 0 Å². The first-order valence-corrected chi connectivity index (χ1v) is 6.26. The third-order valence-corrected chi connectivity index (χ3v) is 3.26. The normalized spacial score (nSPS) is 10.5. The van der Waals surface area contributed by atoms with Gasteiger partial charge in [-0.05, 0) is 30.0 Å². The molecular weight excluding hydrogens is 214 g/mol. The number of hydrogen-bond donors (Lipinski definition) is 1. The van der Waals surface area contributed by atoms with Crippen molar-refractivity contribution in [1.29, 1.82) is 0 Å². The molecule has 0 aromatic heterocycles. The van der Waals surface area contributed by atoms with Crippen LogP contribution in [0.4, 0.5) is 0 Å². The number of halogens is 1. The summed E-state index contributed by atoms with van der Waals surface area (Å²) in [7, 11) is 0. The zero-order valence-corrected chi connectivity index (χ0v) is 10.2. The molecule has 0 amide bonds. The molecule has 78 valence electrons. The summed E-state index contributed by atoms with van der Waals surface area (Å²) in [4.78, 5) is 1.18. The van der Waals surface area contributed by atoms with E-state index in [4.69, 9.17) is 11.6 Å². The Bertz CT molecular complexity index is 289. The van der Waals surface area contributed by atoms with Crippen LogP contribution in [0.25, 0.3) is 0 Å². The molecule has 1 aromatic rings. The Morgan fingerprint density at radius 2 is 2.14 bits per heavy atom. The van der Waals surface area contributed by atoms with Crippen LogP contribution < -0.4 is 5.32 Å². The van der Waals surface area contributed by atoms with E-state index >= 15 is 0 Å². The first kappa shape index (κ1) is 11.9. The lowest BCUT2D eigenvalue weighted by Crippen LogP contribution is -2.11. The van der Waals surface area contributed by atoms with E-state index in [1.807, 2.05) is 6.07 Å². The fourth-order valence-electron chi connectivity index (χ4n) is 1.20. The van der Waals surface area contributed by atoms with Crippen molar-refractivity contribution in [2.45, 2.75) is 25.3 Å². The van der Waals surface area contributed by atoms with Gasteiger partial charge in [0.1, 0.15) is 0 Å². The molecule has 0 radical (unpaired) electrons. The summed E-state index contributed by atoms with van der Waals surface area (Å²) in [6.45, 7) is 6.12. The fourth-order valence-corrected chi connectivity index (χ4v) is 2.24. The highest BCUT2D eigenvalue weighted by Crippen LogP contribution is 2.27. The second-order valence-electron chi connectivity index (χ2n) is 2.98. The summed E-state index contributed by atoms with van der Waals surface area (Å²) in [5, 5.41) is 4.15. The van der Waals surface area contributed by atoms with Crippen molar-refractivity contribution in [1.82, 2.24) is 5.32 Å². The van der Waals surface area contributed by atoms with Crippen LogP contribution in [0.3, 0.4) is 0 Å². The lowest BCUT2D eigenvalue weighted by Gasteiger charge is -2.06. The molecular formula is C11H16ClNS. The van der Waals surface area contributed by atoms with Gasteiger partial charge in [-0.15, -0.1) is 11.8 Å². The number of hydrogen-bond acceptors (Lipinski definition) is 2. The molecule has 1 aromatic carbocycles. The molecule has 0 aliphatic heterocycles. The summed E-state index contributed by atoms with van der Waals surface area (Å²) in [5.74, 6) is 1.06. The first-order valence-electron chi connectivity index (χ1n) is 4.89. The molecule has 0 aliphatic rings. The Morgan fingerprint density at radius 3 is 2.71 bits per heavy atom. The molecule has 0 aliphatic carbocycles. The summed E-state index contributed by atoms with van der Waals surface area (Å²) < 4.78 is 0. The summed E-state index contributed by atoms with van der Waals surface area (Å²) >= 11 is 7.92. The maximum Gasteiger partial charge on any atom is 0.0545 e. The van der Waals surface area contributed by atoms with Crippen LogP contribution in [0.5, 0.6) is 0 Å². The Morgan fingerprint density at radius 1 is 1.36 bits per heavy atom. The monoisotopic (exact) mass is 229 g/mol. The van der Waals surface area contributed by atoms with Gasteiger partial charge in [0.2, 0.25) is 0 Å². The van der Waals surface area contributed by atoms with E-state index in [2.05, 4.69) is 31.3 Å². The predicted octanol–water partition coefficient (Wildman–Crippen LogP) is 3.56. The molecule has 0 fully saturated rings. The topological polar surface area (TPSA) is 12.0 Å². The largest absolute Gasteiger partial charge is 0.313 e. The third kappa shape index (κ3) is 3.52. The van der Waals surface area contributed by atoms with Crippen molar-refractivity contribution in [3.8, 4) is 0 Å². The number of rotatable bonds is 5. The van der Waals surface area contributed by atoms with Gasteiger partial charge in [-0.25, -0.2) is 0 Å². The van der Waals surface area contributed by atoms with E-state index in [0.717, 1.165) is 23.9 Å². The summed E-state index contributed by atoms with van der Waals surface area (Å²) in [5.41, 5.74) is 1.25. The van der Waals surface area contributed by atoms with Crippen molar-refractivity contribution >= 4 is 23.4 Å². The molecule has 0 spiro atoms. The lowest BCUT2D eigenvalue weighted by molar-refractivity contribution is 0.726.